The highest BCUT2D eigenvalue weighted by molar-refractivity contribution is 6.32. The Morgan fingerprint density at radius 2 is 0.380 bits per heavy atom. The molecule has 0 aliphatic carbocycles. The molecule has 0 N–H and O–H groups in total. The van der Waals surface area contributed by atoms with Gasteiger partial charge in [-0.05, 0) is 216 Å². The van der Waals surface area contributed by atoms with Gasteiger partial charge in [0, 0.05) is 34.1 Å². The number of benzene rings is 17. The van der Waals surface area contributed by atoms with Crippen LogP contribution in [0.5, 0.6) is 0 Å². The lowest BCUT2D eigenvalue weighted by Gasteiger charge is -2.27. The summed E-state index contributed by atoms with van der Waals surface area (Å²) in [6, 6.07) is 134. The predicted molar refractivity (Wildman–Crippen MR) is 393 cm³/mol. The van der Waals surface area contributed by atoms with Crippen molar-refractivity contribution in [3.05, 3.63) is 364 Å². The first-order valence-electron chi connectivity index (χ1n) is 31.7. The van der Waals surface area contributed by atoms with Gasteiger partial charge in [0.2, 0.25) is 0 Å². The van der Waals surface area contributed by atoms with E-state index in [1.807, 2.05) is 0 Å². The largest absolute Gasteiger partial charge is 0.310 e. The average molecular weight is 1170 g/mol. The van der Waals surface area contributed by atoms with Crippen LogP contribution in [-0.2, 0) is 0 Å². The number of fused-ring (bicyclic) bond motifs is 8. The van der Waals surface area contributed by atoms with Gasteiger partial charge in [-0.1, -0.05) is 279 Å². The van der Waals surface area contributed by atoms with Gasteiger partial charge in [0.05, 0.1) is 0 Å². The minimum absolute atomic E-state index is 1.08. The van der Waals surface area contributed by atoms with Crippen LogP contribution in [0.15, 0.2) is 364 Å². The third-order valence-electron chi connectivity index (χ3n) is 18.6. The zero-order valence-corrected chi connectivity index (χ0v) is 50.5. The number of anilines is 6. The van der Waals surface area contributed by atoms with Gasteiger partial charge >= 0.3 is 0 Å². The molecule has 0 aliphatic rings. The zero-order chi connectivity index (χ0) is 60.9. The molecule has 0 saturated carbocycles. The van der Waals surface area contributed by atoms with Crippen LogP contribution < -0.4 is 9.80 Å². The fourth-order valence-electron chi connectivity index (χ4n) is 14.1. The molecule has 0 aliphatic heterocycles. The molecule has 0 atom stereocenters. The summed E-state index contributed by atoms with van der Waals surface area (Å²) >= 11 is 0. The normalized spacial score (nSPS) is 11.5. The Balaban J connectivity index is 0.891. The second-order valence-electron chi connectivity index (χ2n) is 24.0. The molecule has 0 spiro atoms. The molecular weight excluding hydrogens is 1110 g/mol. The highest BCUT2D eigenvalue weighted by Gasteiger charge is 2.24. The Morgan fingerprint density at radius 3 is 0.696 bits per heavy atom. The van der Waals surface area contributed by atoms with Gasteiger partial charge < -0.3 is 9.80 Å². The van der Waals surface area contributed by atoms with Crippen molar-refractivity contribution in [1.29, 1.82) is 0 Å². The average Bonchev–Trinajstić information content (AvgIpc) is 0.712. The van der Waals surface area contributed by atoms with Crippen molar-refractivity contribution >= 4 is 98.8 Å². The van der Waals surface area contributed by atoms with Gasteiger partial charge in [-0.3, -0.25) is 0 Å². The van der Waals surface area contributed by atoms with E-state index in [1.165, 1.54) is 121 Å². The van der Waals surface area contributed by atoms with E-state index in [-0.39, 0.29) is 0 Å². The highest BCUT2D eigenvalue weighted by Crippen LogP contribution is 2.51. The second kappa shape index (κ2) is 23.1. The van der Waals surface area contributed by atoms with E-state index in [0.29, 0.717) is 0 Å². The number of nitrogens with zero attached hydrogens (tertiary/aromatic N) is 2. The molecule has 2 heteroatoms. The molecule has 0 aromatic heterocycles. The molecule has 0 unspecified atom stereocenters. The Kier molecular flexibility index (Phi) is 13.6. The van der Waals surface area contributed by atoms with E-state index < -0.39 is 0 Å². The zero-order valence-electron chi connectivity index (χ0n) is 50.5. The third-order valence-corrected chi connectivity index (χ3v) is 18.6. The summed E-state index contributed by atoms with van der Waals surface area (Å²) in [6.45, 7) is 0. The summed E-state index contributed by atoms with van der Waals surface area (Å²) in [4.78, 5) is 4.80. The number of hydrogen-bond donors (Lipinski definition) is 0. The van der Waals surface area contributed by atoms with E-state index in [9.17, 15) is 0 Å². The quantitative estimate of drug-likeness (QED) is 0.0889. The molecule has 0 radical (unpaired) electrons. The van der Waals surface area contributed by atoms with Crippen LogP contribution >= 0.6 is 0 Å². The topological polar surface area (TPSA) is 6.48 Å². The summed E-state index contributed by atoms with van der Waals surface area (Å²) in [6.07, 6.45) is 0. The van der Waals surface area contributed by atoms with Crippen LogP contribution in [0.3, 0.4) is 0 Å². The van der Waals surface area contributed by atoms with Gasteiger partial charge in [-0.25, -0.2) is 0 Å². The standard InChI is InChI=1S/C90H60N2/c1-5-17-61(18-6-1)67-33-43-77(44-34-67)91(78-45-35-68(36-46-78)62-19-7-2-8-20-62)81-51-55-83-73(59-81)41-53-85-88(76-32-30-66-26-14-16-28-72(66)58-76)90-84-56-52-82(60-74(84)42-54-86(90)87(89(83)85)75-31-29-65-25-13-15-27-71(65)57-75)92(79-47-37-69(38-48-79)63-21-9-3-10-22-63)80-49-39-70(40-50-80)64-23-11-4-12-24-64/h1-60H. The first kappa shape index (κ1) is 54.1. The summed E-state index contributed by atoms with van der Waals surface area (Å²) in [5.74, 6) is 0. The van der Waals surface area contributed by atoms with Crippen molar-refractivity contribution in [2.45, 2.75) is 0 Å². The molecule has 430 valence electrons. The van der Waals surface area contributed by atoms with Crippen LogP contribution in [0, 0.1) is 0 Å². The maximum absolute atomic E-state index is 2.41. The minimum atomic E-state index is 1.08. The summed E-state index contributed by atoms with van der Waals surface area (Å²) in [7, 11) is 0. The molecule has 17 aromatic rings. The monoisotopic (exact) mass is 1170 g/mol. The van der Waals surface area contributed by atoms with Crippen LogP contribution in [0.1, 0.15) is 0 Å². The molecule has 0 saturated heterocycles. The summed E-state index contributed by atoms with van der Waals surface area (Å²) < 4.78 is 0. The molecule has 0 amide bonds. The maximum atomic E-state index is 2.41. The van der Waals surface area contributed by atoms with E-state index in [1.54, 1.807) is 0 Å². The highest BCUT2D eigenvalue weighted by atomic mass is 15.1. The van der Waals surface area contributed by atoms with Crippen LogP contribution in [0.2, 0.25) is 0 Å². The lowest BCUT2D eigenvalue weighted by molar-refractivity contribution is 1.29. The lowest BCUT2D eigenvalue weighted by Crippen LogP contribution is -2.10. The molecule has 0 heterocycles. The first-order valence-corrected chi connectivity index (χ1v) is 31.7. The SMILES string of the molecule is c1ccc(-c2ccc(N(c3ccc(-c4ccccc4)cc3)c3ccc4c(ccc5c(-c6ccc7ccccc7c6)c6c(ccc7cc(N(c8ccc(-c9ccccc9)cc8)c8ccc(-c9ccccc9)cc8)ccc76)c(-c6ccc7ccccc7c6)c54)c3)cc2)cc1. The molecule has 0 fully saturated rings. The number of rotatable bonds is 12. The van der Waals surface area contributed by atoms with E-state index in [0.717, 1.165) is 44.9 Å². The smallest absolute Gasteiger partial charge is 0.0468 e. The van der Waals surface area contributed by atoms with E-state index >= 15 is 0 Å². The fraction of sp³-hybridized carbons (Fsp3) is 0. The maximum Gasteiger partial charge on any atom is 0.0468 e. The van der Waals surface area contributed by atoms with Crippen LogP contribution in [0.25, 0.3) is 131 Å². The first-order chi connectivity index (χ1) is 45.6. The Labute approximate surface area is 536 Å². The second-order valence-corrected chi connectivity index (χ2v) is 24.0. The van der Waals surface area contributed by atoms with Crippen molar-refractivity contribution in [3.8, 4) is 66.8 Å². The van der Waals surface area contributed by atoms with Gasteiger partial charge in [-0.15, -0.1) is 0 Å². The van der Waals surface area contributed by atoms with Crippen molar-refractivity contribution in [3.63, 3.8) is 0 Å². The van der Waals surface area contributed by atoms with Gasteiger partial charge in [0.15, 0.2) is 0 Å². The summed E-state index contributed by atoms with van der Waals surface area (Å²) in [5.41, 5.74) is 20.8. The molecule has 0 bridgehead atoms. The lowest BCUT2D eigenvalue weighted by atomic mass is 9.81. The van der Waals surface area contributed by atoms with Gasteiger partial charge in [-0.2, -0.15) is 0 Å². The van der Waals surface area contributed by atoms with E-state index in [4.69, 9.17) is 0 Å². The van der Waals surface area contributed by atoms with Gasteiger partial charge in [0.25, 0.3) is 0 Å². The van der Waals surface area contributed by atoms with Crippen LogP contribution in [0.4, 0.5) is 34.1 Å². The Bertz CT molecular complexity index is 5050. The fourth-order valence-corrected chi connectivity index (χ4v) is 14.1. The van der Waals surface area contributed by atoms with E-state index in [2.05, 4.69) is 374 Å². The minimum Gasteiger partial charge on any atom is -0.310 e. The van der Waals surface area contributed by atoms with Crippen molar-refractivity contribution in [1.82, 2.24) is 0 Å². The Hall–Kier alpha value is -12.1. The molecule has 17 rings (SSSR count). The Morgan fingerprint density at radius 1 is 0.141 bits per heavy atom. The van der Waals surface area contributed by atoms with Crippen LogP contribution in [-0.4, -0.2) is 0 Å². The summed E-state index contributed by atoms with van der Waals surface area (Å²) in [5, 5.41) is 14.4. The predicted octanol–water partition coefficient (Wildman–Crippen LogP) is 25.5. The molecule has 92 heavy (non-hydrogen) atoms. The van der Waals surface area contributed by atoms with Crippen molar-refractivity contribution in [2.75, 3.05) is 9.80 Å². The van der Waals surface area contributed by atoms with Crippen molar-refractivity contribution < 1.29 is 0 Å². The number of hydrogen-bond acceptors (Lipinski definition) is 2. The molecular formula is C90H60N2. The van der Waals surface area contributed by atoms with Gasteiger partial charge in [0.1, 0.15) is 0 Å². The van der Waals surface area contributed by atoms with Crippen molar-refractivity contribution in [2.24, 2.45) is 0 Å². The molecule has 17 aromatic carbocycles. The molecule has 2 nitrogen and oxygen atoms in total. The third kappa shape index (κ3) is 9.88.